The minimum Gasteiger partial charge on any atom is -0.405 e. The first-order valence-electron chi connectivity index (χ1n) is 11.9. The van der Waals surface area contributed by atoms with Crippen molar-refractivity contribution in [3.05, 3.63) is 72.5 Å². The standard InChI is InChI=1S/C27H31N5O2/c28-17-7-3-6-10-25(33)29-22-14-11-19(12-15-22)26-31-23-16-13-20(18-24(23)32-26)27(34)30-21-8-4-1-2-5-9-21/h3,6-7,11-18,21H,1-2,4-5,8-10,28H2,(H,29,33)(H,30,34)(H,31,32)/b6-3-,17-7-. The van der Waals surface area contributed by atoms with Crippen LogP contribution in [-0.2, 0) is 4.79 Å². The fraction of sp³-hybridized carbons (Fsp3) is 0.296. The molecule has 34 heavy (non-hydrogen) atoms. The van der Waals surface area contributed by atoms with Crippen molar-refractivity contribution in [3.63, 3.8) is 0 Å². The fourth-order valence-electron chi connectivity index (χ4n) is 4.22. The quantitative estimate of drug-likeness (QED) is 0.294. The number of H-pyrrole nitrogens is 1. The van der Waals surface area contributed by atoms with Crippen molar-refractivity contribution >= 4 is 28.5 Å². The van der Waals surface area contributed by atoms with Crippen molar-refractivity contribution in [2.75, 3.05) is 5.32 Å². The minimum atomic E-state index is -0.104. The van der Waals surface area contributed by atoms with Crippen LogP contribution in [0, 0.1) is 0 Å². The highest BCUT2D eigenvalue weighted by molar-refractivity contribution is 5.98. The molecule has 7 nitrogen and oxygen atoms in total. The number of benzene rings is 2. The number of anilines is 1. The summed E-state index contributed by atoms with van der Waals surface area (Å²) in [5.74, 6) is 0.581. The van der Waals surface area contributed by atoms with Crippen molar-refractivity contribution in [1.82, 2.24) is 15.3 Å². The zero-order valence-electron chi connectivity index (χ0n) is 19.2. The van der Waals surface area contributed by atoms with Crippen molar-refractivity contribution in [2.24, 2.45) is 5.73 Å². The molecule has 0 saturated heterocycles. The second kappa shape index (κ2) is 11.3. The Hall–Kier alpha value is -3.87. The zero-order valence-corrected chi connectivity index (χ0v) is 19.2. The SMILES string of the molecule is N/C=C\C=C/CC(=O)Nc1ccc(-c2nc3ccc(C(=O)NC4CCCCCC4)cc3[nH]2)cc1. The summed E-state index contributed by atoms with van der Waals surface area (Å²) in [4.78, 5) is 32.8. The topological polar surface area (TPSA) is 113 Å². The number of hydrogen-bond acceptors (Lipinski definition) is 4. The van der Waals surface area contributed by atoms with E-state index in [0.717, 1.165) is 29.4 Å². The van der Waals surface area contributed by atoms with Crippen LogP contribution in [0.25, 0.3) is 22.4 Å². The van der Waals surface area contributed by atoms with E-state index in [0.29, 0.717) is 17.1 Å². The number of allylic oxidation sites excluding steroid dienone is 2. The molecule has 5 N–H and O–H groups in total. The first-order valence-corrected chi connectivity index (χ1v) is 11.9. The first kappa shape index (κ1) is 23.3. The highest BCUT2D eigenvalue weighted by Gasteiger charge is 2.16. The summed E-state index contributed by atoms with van der Waals surface area (Å²) >= 11 is 0. The highest BCUT2D eigenvalue weighted by Crippen LogP contribution is 2.23. The maximum atomic E-state index is 12.8. The molecule has 2 amide bonds. The molecule has 0 unspecified atom stereocenters. The fourth-order valence-corrected chi connectivity index (χ4v) is 4.22. The van der Waals surface area contributed by atoms with Gasteiger partial charge in [0, 0.05) is 29.3 Å². The summed E-state index contributed by atoms with van der Waals surface area (Å²) in [6.07, 6.45) is 13.8. The van der Waals surface area contributed by atoms with Crippen molar-refractivity contribution in [3.8, 4) is 11.4 Å². The summed E-state index contributed by atoms with van der Waals surface area (Å²) in [5, 5.41) is 6.06. The van der Waals surface area contributed by atoms with Gasteiger partial charge in [-0.2, -0.15) is 0 Å². The molecule has 176 valence electrons. The van der Waals surface area contributed by atoms with E-state index in [-0.39, 0.29) is 24.3 Å². The Morgan fingerprint density at radius 1 is 1.03 bits per heavy atom. The van der Waals surface area contributed by atoms with E-state index in [1.54, 1.807) is 18.2 Å². The molecule has 0 aliphatic heterocycles. The average molecular weight is 458 g/mol. The van der Waals surface area contributed by atoms with E-state index < -0.39 is 0 Å². The Bertz CT molecular complexity index is 1190. The van der Waals surface area contributed by atoms with E-state index in [1.807, 2.05) is 42.5 Å². The molecule has 2 aromatic carbocycles. The number of aromatic nitrogens is 2. The van der Waals surface area contributed by atoms with Crippen molar-refractivity contribution in [1.29, 1.82) is 0 Å². The van der Waals surface area contributed by atoms with Crippen LogP contribution in [0.15, 0.2) is 66.9 Å². The number of rotatable bonds is 7. The van der Waals surface area contributed by atoms with Gasteiger partial charge in [0.05, 0.1) is 11.0 Å². The van der Waals surface area contributed by atoms with Crippen LogP contribution in [0.5, 0.6) is 0 Å². The molecule has 0 bridgehead atoms. The third-order valence-corrected chi connectivity index (χ3v) is 6.04. The van der Waals surface area contributed by atoms with Crippen molar-refractivity contribution < 1.29 is 9.59 Å². The number of fused-ring (bicyclic) bond motifs is 1. The lowest BCUT2D eigenvalue weighted by atomic mass is 10.1. The molecule has 1 aliphatic carbocycles. The van der Waals surface area contributed by atoms with Crippen molar-refractivity contribution in [2.45, 2.75) is 51.0 Å². The molecule has 4 rings (SSSR count). The van der Waals surface area contributed by atoms with E-state index >= 15 is 0 Å². The lowest BCUT2D eigenvalue weighted by Crippen LogP contribution is -2.34. The molecule has 0 spiro atoms. The van der Waals surface area contributed by atoms with Crippen LogP contribution >= 0.6 is 0 Å². The van der Waals surface area contributed by atoms with Gasteiger partial charge in [0.2, 0.25) is 5.91 Å². The van der Waals surface area contributed by atoms with Gasteiger partial charge in [-0.15, -0.1) is 0 Å². The van der Waals surface area contributed by atoms with E-state index in [1.165, 1.54) is 31.9 Å². The van der Waals surface area contributed by atoms with Crippen LogP contribution in [-0.4, -0.2) is 27.8 Å². The number of carbonyl (C=O) groups is 2. The number of nitrogens with one attached hydrogen (secondary N) is 3. The van der Waals surface area contributed by atoms with Gasteiger partial charge < -0.3 is 21.4 Å². The van der Waals surface area contributed by atoms with Gasteiger partial charge in [-0.3, -0.25) is 9.59 Å². The largest absolute Gasteiger partial charge is 0.405 e. The molecule has 0 radical (unpaired) electrons. The molecule has 7 heteroatoms. The lowest BCUT2D eigenvalue weighted by Gasteiger charge is -2.16. The molecule has 0 atom stereocenters. The number of aromatic amines is 1. The molecule has 1 saturated carbocycles. The minimum absolute atomic E-state index is 0.0288. The van der Waals surface area contributed by atoms with E-state index in [2.05, 4.69) is 20.6 Å². The van der Waals surface area contributed by atoms with Gasteiger partial charge >= 0.3 is 0 Å². The van der Waals surface area contributed by atoms with Gasteiger partial charge in [-0.25, -0.2) is 4.98 Å². The Labute approximate surface area is 199 Å². The van der Waals surface area contributed by atoms with Gasteiger partial charge in [0.1, 0.15) is 5.82 Å². The Morgan fingerprint density at radius 3 is 2.53 bits per heavy atom. The lowest BCUT2D eigenvalue weighted by molar-refractivity contribution is -0.115. The van der Waals surface area contributed by atoms with Gasteiger partial charge in [-0.1, -0.05) is 37.8 Å². The number of amides is 2. The Kier molecular flexibility index (Phi) is 7.75. The summed E-state index contributed by atoms with van der Waals surface area (Å²) in [7, 11) is 0. The van der Waals surface area contributed by atoms with Gasteiger partial charge in [0.15, 0.2) is 0 Å². The average Bonchev–Trinajstić information content (AvgIpc) is 3.11. The van der Waals surface area contributed by atoms with E-state index in [9.17, 15) is 9.59 Å². The predicted molar refractivity (Wildman–Crippen MR) is 136 cm³/mol. The maximum absolute atomic E-state index is 12.8. The van der Waals surface area contributed by atoms with Crippen LogP contribution in [0.1, 0.15) is 55.3 Å². The summed E-state index contributed by atoms with van der Waals surface area (Å²) < 4.78 is 0. The molecule has 3 aromatic rings. The number of nitrogens with two attached hydrogens (primary N) is 1. The first-order chi connectivity index (χ1) is 16.6. The molecule has 1 aromatic heterocycles. The number of hydrogen-bond donors (Lipinski definition) is 4. The number of carbonyl (C=O) groups excluding carboxylic acids is 2. The third kappa shape index (κ3) is 6.13. The molecular formula is C27H31N5O2. The Morgan fingerprint density at radius 2 is 1.79 bits per heavy atom. The summed E-state index contributed by atoms with van der Waals surface area (Å²) in [6.45, 7) is 0. The second-order valence-electron chi connectivity index (χ2n) is 8.62. The summed E-state index contributed by atoms with van der Waals surface area (Å²) in [5.41, 5.74) is 9.13. The monoisotopic (exact) mass is 457 g/mol. The van der Waals surface area contributed by atoms with Crippen LogP contribution in [0.3, 0.4) is 0 Å². The van der Waals surface area contributed by atoms with Gasteiger partial charge in [0.25, 0.3) is 5.91 Å². The maximum Gasteiger partial charge on any atom is 0.251 e. The van der Waals surface area contributed by atoms with Crippen LogP contribution in [0.4, 0.5) is 5.69 Å². The normalized spacial score (nSPS) is 15.1. The third-order valence-electron chi connectivity index (χ3n) is 6.04. The zero-order chi connectivity index (χ0) is 23.8. The summed E-state index contributed by atoms with van der Waals surface area (Å²) in [6, 6.07) is 13.3. The van der Waals surface area contributed by atoms with Crippen LogP contribution in [0.2, 0.25) is 0 Å². The predicted octanol–water partition coefficient (Wildman–Crippen LogP) is 5.04. The van der Waals surface area contributed by atoms with Gasteiger partial charge in [-0.05, 0) is 67.6 Å². The number of nitrogens with zero attached hydrogens (tertiary/aromatic N) is 1. The van der Waals surface area contributed by atoms with Crippen LogP contribution < -0.4 is 16.4 Å². The highest BCUT2D eigenvalue weighted by atomic mass is 16.2. The second-order valence-corrected chi connectivity index (χ2v) is 8.62. The molecule has 1 aliphatic rings. The molecule has 1 fully saturated rings. The number of imidazole rings is 1. The molecular weight excluding hydrogens is 426 g/mol. The van der Waals surface area contributed by atoms with E-state index in [4.69, 9.17) is 5.73 Å². The molecule has 1 heterocycles. The smallest absolute Gasteiger partial charge is 0.251 e. The Balaban J connectivity index is 1.41.